The van der Waals surface area contributed by atoms with E-state index in [0.29, 0.717) is 6.61 Å². The van der Waals surface area contributed by atoms with Crippen LogP contribution in [-0.4, -0.2) is 20.8 Å². The third-order valence-corrected chi connectivity index (χ3v) is 7.43. The van der Waals surface area contributed by atoms with Gasteiger partial charge in [0.1, 0.15) is 0 Å². The predicted octanol–water partition coefficient (Wildman–Crippen LogP) is 2.78. The van der Waals surface area contributed by atoms with Crippen LogP contribution in [0, 0.1) is 0 Å². The molecule has 0 unspecified atom stereocenters. The van der Waals surface area contributed by atoms with Crippen LogP contribution in [0.2, 0.25) is 9.95 Å². The summed E-state index contributed by atoms with van der Waals surface area (Å²) in [5.74, 6) is 0.814. The van der Waals surface area contributed by atoms with Gasteiger partial charge in [0.05, 0.1) is 0 Å². The van der Waals surface area contributed by atoms with E-state index in [9.17, 15) is 0 Å². The number of anilines is 1. The SMILES string of the molecule is C[O][Ti]([CH3])([CH2]CCOc1cccc(N)c1)[O]C. The second-order valence-corrected chi connectivity index (χ2v) is 9.66. The van der Waals surface area contributed by atoms with Crippen molar-refractivity contribution in [3.63, 3.8) is 0 Å². The van der Waals surface area contributed by atoms with E-state index in [4.69, 9.17) is 17.1 Å². The maximum absolute atomic E-state index is 5.66. The average Bonchev–Trinajstić information content (AvgIpc) is 2.34. The van der Waals surface area contributed by atoms with Crippen molar-refractivity contribution in [1.82, 2.24) is 0 Å². The molecular formula is C12H21NO3Ti. The van der Waals surface area contributed by atoms with E-state index >= 15 is 0 Å². The van der Waals surface area contributed by atoms with Crippen molar-refractivity contribution in [1.29, 1.82) is 0 Å². The first-order valence-corrected chi connectivity index (χ1v) is 9.62. The monoisotopic (exact) mass is 275 g/mol. The molecule has 17 heavy (non-hydrogen) atoms. The zero-order chi connectivity index (χ0) is 12.7. The van der Waals surface area contributed by atoms with E-state index in [-0.39, 0.29) is 0 Å². The molecule has 1 aromatic carbocycles. The molecule has 0 aliphatic heterocycles. The van der Waals surface area contributed by atoms with E-state index in [1.165, 1.54) is 0 Å². The zero-order valence-electron chi connectivity index (χ0n) is 10.7. The summed E-state index contributed by atoms with van der Waals surface area (Å²) in [6, 6.07) is 7.46. The fourth-order valence-corrected chi connectivity index (χ4v) is 3.60. The van der Waals surface area contributed by atoms with Gasteiger partial charge in [-0.3, -0.25) is 0 Å². The van der Waals surface area contributed by atoms with Crippen molar-refractivity contribution < 1.29 is 28.7 Å². The average molecular weight is 275 g/mol. The van der Waals surface area contributed by atoms with Crippen LogP contribution in [0.3, 0.4) is 0 Å². The Bertz CT molecular complexity index is 342. The van der Waals surface area contributed by atoms with Gasteiger partial charge in [-0.25, -0.2) is 0 Å². The summed E-state index contributed by atoms with van der Waals surface area (Å²) >= 11 is -2.45. The molecule has 0 aliphatic carbocycles. The second-order valence-electron chi connectivity index (χ2n) is 4.07. The van der Waals surface area contributed by atoms with Crippen molar-refractivity contribution in [2.45, 2.75) is 16.4 Å². The Kier molecular flexibility index (Phi) is 5.99. The summed E-state index contributed by atoms with van der Waals surface area (Å²) in [5.41, 5.74) is 6.39. The topological polar surface area (TPSA) is 53.7 Å². The molecular weight excluding hydrogens is 254 g/mol. The van der Waals surface area contributed by atoms with Crippen LogP contribution >= 0.6 is 0 Å². The minimum absolute atomic E-state index is 0.664. The van der Waals surface area contributed by atoms with E-state index < -0.39 is 17.4 Å². The molecule has 1 aromatic rings. The molecule has 0 aliphatic rings. The van der Waals surface area contributed by atoms with Crippen LogP contribution in [0.1, 0.15) is 6.42 Å². The molecule has 4 nitrogen and oxygen atoms in total. The first-order valence-electron chi connectivity index (χ1n) is 5.68. The summed E-state index contributed by atoms with van der Waals surface area (Å²) in [6.07, 6.45) is 0.937. The van der Waals surface area contributed by atoms with Gasteiger partial charge in [0.15, 0.2) is 0 Å². The molecule has 1 rings (SSSR count). The number of rotatable bonds is 7. The van der Waals surface area contributed by atoms with Crippen molar-refractivity contribution in [2.24, 2.45) is 0 Å². The van der Waals surface area contributed by atoms with Gasteiger partial charge in [0, 0.05) is 0 Å². The summed E-state index contributed by atoms with van der Waals surface area (Å²) in [6.45, 7) is 0.664. The molecule has 0 spiro atoms. The molecule has 0 amide bonds. The fourth-order valence-electron chi connectivity index (χ4n) is 1.48. The van der Waals surface area contributed by atoms with Crippen molar-refractivity contribution in [2.75, 3.05) is 26.6 Å². The van der Waals surface area contributed by atoms with Crippen LogP contribution in [0.25, 0.3) is 0 Å². The number of ether oxygens (including phenoxy) is 1. The van der Waals surface area contributed by atoms with E-state index in [1.807, 2.05) is 24.3 Å². The number of hydrogen-bond acceptors (Lipinski definition) is 4. The standard InChI is InChI=1S/C9H12NO.2CH3O.CH3.Ti/c1-2-6-11-9-5-3-4-8(10)7-9;2*1-2;;/h3-5,7H,1-2,6,10H2;2*1H3;1H3;/q;2*-1;;+2. The van der Waals surface area contributed by atoms with Crippen molar-refractivity contribution in [3.8, 4) is 5.75 Å². The first-order chi connectivity index (χ1) is 8.09. The molecule has 0 atom stereocenters. The Morgan fingerprint density at radius 2 is 1.94 bits per heavy atom. The van der Waals surface area contributed by atoms with Gasteiger partial charge in [-0.15, -0.1) is 0 Å². The van der Waals surface area contributed by atoms with Crippen LogP contribution in [0.5, 0.6) is 5.75 Å². The van der Waals surface area contributed by atoms with Gasteiger partial charge < -0.3 is 0 Å². The number of nitrogen functional groups attached to an aromatic ring is 1. The summed E-state index contributed by atoms with van der Waals surface area (Å²) in [7, 11) is 3.45. The third kappa shape index (κ3) is 5.09. The molecule has 0 bridgehead atoms. The van der Waals surface area contributed by atoms with E-state index in [1.54, 1.807) is 14.2 Å². The predicted molar refractivity (Wildman–Crippen MR) is 65.7 cm³/mol. The Balaban J connectivity index is 2.29. The molecule has 0 aromatic heterocycles. The van der Waals surface area contributed by atoms with Gasteiger partial charge >= 0.3 is 107 Å². The van der Waals surface area contributed by atoms with Gasteiger partial charge in [0.2, 0.25) is 0 Å². The Morgan fingerprint density at radius 3 is 2.53 bits per heavy atom. The number of nitrogens with two attached hydrogens (primary N) is 1. The molecule has 0 fully saturated rings. The van der Waals surface area contributed by atoms with Crippen LogP contribution in [-0.2, 0) is 24.0 Å². The number of hydrogen-bond donors (Lipinski definition) is 1. The van der Waals surface area contributed by atoms with Gasteiger partial charge in [-0.1, -0.05) is 0 Å². The van der Waals surface area contributed by atoms with Crippen LogP contribution in [0.15, 0.2) is 24.3 Å². The normalized spacial score (nSPS) is 11.5. The molecule has 5 heteroatoms. The van der Waals surface area contributed by atoms with Crippen molar-refractivity contribution >= 4 is 5.69 Å². The van der Waals surface area contributed by atoms with Gasteiger partial charge in [-0.2, -0.15) is 0 Å². The summed E-state index contributed by atoms with van der Waals surface area (Å²) in [5, 5.41) is 2.10. The maximum atomic E-state index is 5.66. The number of benzene rings is 1. The Morgan fingerprint density at radius 1 is 1.24 bits per heavy atom. The van der Waals surface area contributed by atoms with Crippen LogP contribution in [0.4, 0.5) is 5.69 Å². The van der Waals surface area contributed by atoms with E-state index in [2.05, 4.69) is 5.23 Å². The Hall–Kier alpha value is -0.546. The fraction of sp³-hybridized carbons (Fsp3) is 0.500. The quantitative estimate of drug-likeness (QED) is 0.472. The summed E-state index contributed by atoms with van der Waals surface area (Å²) < 4.78 is 17.5. The molecule has 96 valence electrons. The minimum atomic E-state index is -2.45. The van der Waals surface area contributed by atoms with E-state index in [0.717, 1.165) is 22.6 Å². The van der Waals surface area contributed by atoms with Gasteiger partial charge in [-0.05, 0) is 0 Å². The van der Waals surface area contributed by atoms with Gasteiger partial charge in [0.25, 0.3) is 0 Å². The first kappa shape index (κ1) is 14.5. The third-order valence-electron chi connectivity index (χ3n) is 2.77. The molecule has 2 N–H and O–H groups in total. The molecule has 0 heterocycles. The second kappa shape index (κ2) is 7.01. The zero-order valence-corrected chi connectivity index (χ0v) is 12.3. The summed E-state index contributed by atoms with van der Waals surface area (Å²) in [4.78, 5) is 0. The van der Waals surface area contributed by atoms with Crippen molar-refractivity contribution in [3.05, 3.63) is 24.3 Å². The molecule has 0 saturated heterocycles. The molecule has 0 saturated carbocycles. The van der Waals surface area contributed by atoms with Crippen LogP contribution < -0.4 is 10.5 Å². The molecule has 0 radical (unpaired) electrons. The Labute approximate surface area is 107 Å².